The van der Waals surface area contributed by atoms with Crippen LogP contribution in [0.3, 0.4) is 0 Å². The number of hydrogen-bond acceptors (Lipinski definition) is 4. The van der Waals surface area contributed by atoms with Crippen molar-refractivity contribution in [3.63, 3.8) is 0 Å². The Hall–Kier alpha value is -1.26. The Labute approximate surface area is 101 Å². The van der Waals surface area contributed by atoms with Gasteiger partial charge >= 0.3 is 0 Å². The largest absolute Gasteiger partial charge is 0.493 e. The molecule has 0 aromatic heterocycles. The minimum Gasteiger partial charge on any atom is -0.493 e. The molecule has 1 aliphatic rings. The maximum absolute atomic E-state index is 5.71. The molecule has 0 N–H and O–H groups in total. The van der Waals surface area contributed by atoms with Gasteiger partial charge in [-0.25, -0.2) is 0 Å². The molecule has 1 unspecified atom stereocenters. The number of methoxy groups -OCH3 is 2. The molecule has 0 amide bonds. The van der Waals surface area contributed by atoms with Gasteiger partial charge in [0.1, 0.15) is 0 Å². The Bertz CT molecular complexity index is 381. The maximum Gasteiger partial charge on any atom is 0.184 e. The first-order chi connectivity index (χ1) is 8.15. The lowest BCUT2D eigenvalue weighted by Gasteiger charge is -2.13. The van der Waals surface area contributed by atoms with Gasteiger partial charge in [0.2, 0.25) is 0 Å². The predicted octanol–water partition coefficient (Wildman–Crippen LogP) is 2.53. The SMILES string of the molecule is COc1ccc(C2O[C@@H](C)[C@@H](C)O2)cc1OC. The summed E-state index contributed by atoms with van der Waals surface area (Å²) in [5, 5.41) is 0. The van der Waals surface area contributed by atoms with Gasteiger partial charge in [0.25, 0.3) is 0 Å². The Balaban J connectivity index is 2.22. The van der Waals surface area contributed by atoms with Gasteiger partial charge in [-0.05, 0) is 26.0 Å². The molecule has 0 spiro atoms. The lowest BCUT2D eigenvalue weighted by Crippen LogP contribution is -2.13. The van der Waals surface area contributed by atoms with Crippen molar-refractivity contribution in [2.24, 2.45) is 0 Å². The molecule has 4 nitrogen and oxygen atoms in total. The van der Waals surface area contributed by atoms with E-state index in [1.165, 1.54) is 0 Å². The van der Waals surface area contributed by atoms with Crippen LogP contribution in [0.25, 0.3) is 0 Å². The summed E-state index contributed by atoms with van der Waals surface area (Å²) in [4.78, 5) is 0. The summed E-state index contributed by atoms with van der Waals surface area (Å²) >= 11 is 0. The third-order valence-corrected chi connectivity index (χ3v) is 3.02. The molecule has 0 bridgehead atoms. The standard InChI is InChI=1S/C13H18O4/c1-8-9(2)17-13(16-8)10-5-6-11(14-3)12(7-10)15-4/h5-9,13H,1-4H3/t8-,9+,13?. The van der Waals surface area contributed by atoms with Gasteiger partial charge < -0.3 is 18.9 Å². The summed E-state index contributed by atoms with van der Waals surface area (Å²) in [6.45, 7) is 4.01. The second-order valence-corrected chi connectivity index (χ2v) is 4.13. The van der Waals surface area contributed by atoms with E-state index in [0.29, 0.717) is 11.5 Å². The molecule has 94 valence electrons. The third kappa shape index (κ3) is 2.37. The fraction of sp³-hybridized carbons (Fsp3) is 0.538. The highest BCUT2D eigenvalue weighted by Crippen LogP contribution is 2.35. The summed E-state index contributed by atoms with van der Waals surface area (Å²) < 4.78 is 21.9. The van der Waals surface area contributed by atoms with Crippen LogP contribution in [0.15, 0.2) is 18.2 Å². The van der Waals surface area contributed by atoms with E-state index in [-0.39, 0.29) is 18.5 Å². The molecule has 0 aliphatic carbocycles. The molecule has 1 heterocycles. The molecule has 17 heavy (non-hydrogen) atoms. The minimum atomic E-state index is -0.320. The predicted molar refractivity (Wildman–Crippen MR) is 63.4 cm³/mol. The van der Waals surface area contributed by atoms with Gasteiger partial charge in [-0.1, -0.05) is 6.07 Å². The average Bonchev–Trinajstić information content (AvgIpc) is 2.68. The smallest absolute Gasteiger partial charge is 0.184 e. The van der Waals surface area contributed by atoms with Gasteiger partial charge in [0, 0.05) is 5.56 Å². The zero-order chi connectivity index (χ0) is 12.4. The summed E-state index contributed by atoms with van der Waals surface area (Å²) in [7, 11) is 3.23. The van der Waals surface area contributed by atoms with Gasteiger partial charge in [-0.2, -0.15) is 0 Å². The van der Waals surface area contributed by atoms with Gasteiger partial charge in [-0.15, -0.1) is 0 Å². The van der Waals surface area contributed by atoms with Crippen molar-refractivity contribution in [1.29, 1.82) is 0 Å². The van der Waals surface area contributed by atoms with Crippen LogP contribution in [0.1, 0.15) is 25.7 Å². The van der Waals surface area contributed by atoms with Crippen molar-refractivity contribution < 1.29 is 18.9 Å². The Kier molecular flexibility index (Phi) is 3.54. The third-order valence-electron chi connectivity index (χ3n) is 3.02. The number of rotatable bonds is 3. The van der Waals surface area contributed by atoms with E-state index in [9.17, 15) is 0 Å². The minimum absolute atomic E-state index is 0.105. The summed E-state index contributed by atoms with van der Waals surface area (Å²) in [5.74, 6) is 1.39. The van der Waals surface area contributed by atoms with Crippen molar-refractivity contribution in [2.45, 2.75) is 32.3 Å². The van der Waals surface area contributed by atoms with Crippen LogP contribution in [0.4, 0.5) is 0 Å². The molecule has 2 rings (SSSR count). The van der Waals surface area contributed by atoms with Crippen LogP contribution in [0.5, 0.6) is 11.5 Å². The summed E-state index contributed by atoms with van der Waals surface area (Å²) in [5.41, 5.74) is 0.943. The molecule has 1 aromatic rings. The Morgan fingerprint density at radius 2 is 1.53 bits per heavy atom. The summed E-state index contributed by atoms with van der Waals surface area (Å²) in [6, 6.07) is 5.67. The molecular formula is C13H18O4. The topological polar surface area (TPSA) is 36.9 Å². The van der Waals surface area contributed by atoms with Crippen LogP contribution in [0, 0.1) is 0 Å². The first-order valence-corrected chi connectivity index (χ1v) is 5.68. The Morgan fingerprint density at radius 3 is 2.06 bits per heavy atom. The second-order valence-electron chi connectivity index (χ2n) is 4.13. The molecule has 4 heteroatoms. The van der Waals surface area contributed by atoms with Crippen LogP contribution in [-0.2, 0) is 9.47 Å². The molecule has 0 saturated carbocycles. The van der Waals surface area contributed by atoms with E-state index in [1.807, 2.05) is 32.0 Å². The molecule has 1 aliphatic heterocycles. The fourth-order valence-electron chi connectivity index (χ4n) is 1.80. The molecule has 0 radical (unpaired) electrons. The van der Waals surface area contributed by atoms with Crippen LogP contribution < -0.4 is 9.47 Å². The van der Waals surface area contributed by atoms with Crippen molar-refractivity contribution in [3.05, 3.63) is 23.8 Å². The van der Waals surface area contributed by atoms with E-state index in [4.69, 9.17) is 18.9 Å². The van der Waals surface area contributed by atoms with Crippen molar-refractivity contribution >= 4 is 0 Å². The molecule has 1 fully saturated rings. The van der Waals surface area contributed by atoms with Crippen LogP contribution >= 0.6 is 0 Å². The maximum atomic E-state index is 5.71. The van der Waals surface area contributed by atoms with E-state index < -0.39 is 0 Å². The zero-order valence-corrected chi connectivity index (χ0v) is 10.6. The zero-order valence-electron chi connectivity index (χ0n) is 10.6. The molecule has 3 atom stereocenters. The van der Waals surface area contributed by atoms with Crippen LogP contribution in [-0.4, -0.2) is 26.4 Å². The number of ether oxygens (including phenoxy) is 4. The fourth-order valence-corrected chi connectivity index (χ4v) is 1.80. The van der Waals surface area contributed by atoms with Gasteiger partial charge in [0.05, 0.1) is 26.4 Å². The highest BCUT2D eigenvalue weighted by atomic mass is 16.7. The Morgan fingerprint density at radius 1 is 0.941 bits per heavy atom. The van der Waals surface area contributed by atoms with E-state index in [1.54, 1.807) is 14.2 Å². The van der Waals surface area contributed by atoms with Crippen molar-refractivity contribution in [1.82, 2.24) is 0 Å². The van der Waals surface area contributed by atoms with E-state index >= 15 is 0 Å². The molecule has 1 saturated heterocycles. The molecule has 1 aromatic carbocycles. The second kappa shape index (κ2) is 4.94. The van der Waals surface area contributed by atoms with Crippen LogP contribution in [0.2, 0.25) is 0 Å². The van der Waals surface area contributed by atoms with Crippen molar-refractivity contribution in [3.8, 4) is 11.5 Å². The quantitative estimate of drug-likeness (QED) is 0.810. The number of benzene rings is 1. The first kappa shape index (κ1) is 12.2. The van der Waals surface area contributed by atoms with E-state index in [2.05, 4.69) is 0 Å². The van der Waals surface area contributed by atoms with Gasteiger partial charge in [-0.3, -0.25) is 0 Å². The highest BCUT2D eigenvalue weighted by molar-refractivity contribution is 5.43. The first-order valence-electron chi connectivity index (χ1n) is 5.68. The van der Waals surface area contributed by atoms with Crippen molar-refractivity contribution in [2.75, 3.05) is 14.2 Å². The van der Waals surface area contributed by atoms with Gasteiger partial charge in [0.15, 0.2) is 17.8 Å². The average molecular weight is 238 g/mol. The number of hydrogen-bond donors (Lipinski definition) is 0. The normalized spacial score (nSPS) is 28.1. The lowest BCUT2D eigenvalue weighted by atomic mass is 10.2. The molecular weight excluding hydrogens is 220 g/mol. The monoisotopic (exact) mass is 238 g/mol. The van der Waals surface area contributed by atoms with E-state index in [0.717, 1.165) is 5.56 Å². The lowest BCUT2D eigenvalue weighted by molar-refractivity contribution is -0.0654. The summed E-state index contributed by atoms with van der Waals surface area (Å²) in [6.07, 6.45) is -0.110. The highest BCUT2D eigenvalue weighted by Gasteiger charge is 2.31.